The Morgan fingerprint density at radius 1 is 1.00 bits per heavy atom. The fourth-order valence-electron chi connectivity index (χ4n) is 3.33. The topological polar surface area (TPSA) is 59.8 Å². The van der Waals surface area contributed by atoms with Crippen LogP contribution >= 0.6 is 11.8 Å². The molecule has 7 heteroatoms. The molecule has 158 valence electrons. The van der Waals surface area contributed by atoms with Gasteiger partial charge in [-0.05, 0) is 53.9 Å². The van der Waals surface area contributed by atoms with Gasteiger partial charge in [0, 0.05) is 6.54 Å². The number of carbonyl (C=O) groups is 2. The maximum absolute atomic E-state index is 13.4. The number of furan rings is 1. The minimum Gasteiger partial charge on any atom is -0.497 e. The lowest BCUT2D eigenvalue weighted by molar-refractivity contribution is -0.136. The summed E-state index contributed by atoms with van der Waals surface area (Å²) in [6, 6.07) is 16.7. The zero-order valence-corrected chi connectivity index (χ0v) is 17.7. The molecule has 1 aromatic heterocycles. The Kier molecular flexibility index (Phi) is 6.23. The standard InChI is InChI=1S/C24H20FNO4S/c1-29-19-10-4-16(5-11-19)12-13-26-23(27)21(17-6-8-18(25)9-7-17)22(24(26)28)31-15-20-3-2-14-30-20/h2-11,14H,12-13,15H2,1H3. The summed E-state index contributed by atoms with van der Waals surface area (Å²) in [5, 5.41) is 0. The van der Waals surface area contributed by atoms with Crippen LogP contribution in [0.1, 0.15) is 16.9 Å². The molecule has 0 radical (unpaired) electrons. The minimum atomic E-state index is -0.401. The number of rotatable bonds is 8. The number of hydrogen-bond acceptors (Lipinski definition) is 5. The molecule has 0 aliphatic carbocycles. The lowest BCUT2D eigenvalue weighted by atomic mass is 10.1. The van der Waals surface area contributed by atoms with Gasteiger partial charge in [-0.25, -0.2) is 4.39 Å². The smallest absolute Gasteiger partial charge is 0.268 e. The van der Waals surface area contributed by atoms with Crippen molar-refractivity contribution in [2.24, 2.45) is 0 Å². The molecule has 1 aliphatic rings. The highest BCUT2D eigenvalue weighted by atomic mass is 32.2. The van der Waals surface area contributed by atoms with E-state index in [9.17, 15) is 14.0 Å². The van der Waals surface area contributed by atoms with Crippen LogP contribution in [0.15, 0.2) is 76.2 Å². The van der Waals surface area contributed by atoms with E-state index in [0.717, 1.165) is 11.3 Å². The van der Waals surface area contributed by atoms with Crippen molar-refractivity contribution in [3.63, 3.8) is 0 Å². The van der Waals surface area contributed by atoms with Gasteiger partial charge in [0.25, 0.3) is 11.8 Å². The second-order valence-electron chi connectivity index (χ2n) is 6.94. The van der Waals surface area contributed by atoms with Crippen LogP contribution in [0.4, 0.5) is 4.39 Å². The number of thioether (sulfide) groups is 1. The Labute approximate surface area is 183 Å². The van der Waals surface area contributed by atoms with E-state index < -0.39 is 5.82 Å². The summed E-state index contributed by atoms with van der Waals surface area (Å²) in [6.45, 7) is 0.250. The van der Waals surface area contributed by atoms with Gasteiger partial charge >= 0.3 is 0 Å². The van der Waals surface area contributed by atoms with E-state index >= 15 is 0 Å². The summed E-state index contributed by atoms with van der Waals surface area (Å²) in [5.74, 6) is 0.754. The second kappa shape index (κ2) is 9.22. The molecule has 2 aromatic carbocycles. The molecule has 0 unspecified atom stereocenters. The van der Waals surface area contributed by atoms with Gasteiger partial charge in [0.1, 0.15) is 17.3 Å². The van der Waals surface area contributed by atoms with Crippen molar-refractivity contribution in [1.82, 2.24) is 4.90 Å². The van der Waals surface area contributed by atoms with Crippen LogP contribution in [0.5, 0.6) is 5.75 Å². The van der Waals surface area contributed by atoms with Crippen molar-refractivity contribution in [3.05, 3.63) is 94.5 Å². The molecule has 1 aliphatic heterocycles. The highest BCUT2D eigenvalue weighted by Gasteiger charge is 2.39. The Hall–Kier alpha value is -3.32. The van der Waals surface area contributed by atoms with Crippen molar-refractivity contribution >= 4 is 29.1 Å². The Morgan fingerprint density at radius 2 is 1.74 bits per heavy atom. The Balaban J connectivity index is 1.57. The quantitative estimate of drug-likeness (QED) is 0.479. The molecule has 0 saturated carbocycles. The summed E-state index contributed by atoms with van der Waals surface area (Å²) < 4.78 is 23.9. The van der Waals surface area contributed by atoms with Gasteiger partial charge in [0.15, 0.2) is 0 Å². The van der Waals surface area contributed by atoms with Crippen LogP contribution in [0.3, 0.4) is 0 Å². The molecule has 0 bridgehead atoms. The molecule has 2 heterocycles. The van der Waals surface area contributed by atoms with Crippen LogP contribution in [0.2, 0.25) is 0 Å². The number of carbonyl (C=O) groups excluding carboxylic acids is 2. The lowest BCUT2D eigenvalue weighted by Crippen LogP contribution is -2.33. The van der Waals surface area contributed by atoms with Crippen molar-refractivity contribution in [2.45, 2.75) is 12.2 Å². The lowest BCUT2D eigenvalue weighted by Gasteiger charge is -2.15. The number of benzene rings is 2. The summed E-state index contributed by atoms with van der Waals surface area (Å²) in [6.07, 6.45) is 2.09. The van der Waals surface area contributed by atoms with Gasteiger partial charge in [-0.1, -0.05) is 24.3 Å². The van der Waals surface area contributed by atoms with E-state index in [1.807, 2.05) is 30.3 Å². The highest BCUT2D eigenvalue weighted by molar-refractivity contribution is 8.03. The molecule has 2 amide bonds. The predicted molar refractivity (Wildman–Crippen MR) is 117 cm³/mol. The van der Waals surface area contributed by atoms with Gasteiger partial charge in [-0.15, -0.1) is 11.8 Å². The van der Waals surface area contributed by atoms with Crippen LogP contribution < -0.4 is 4.74 Å². The van der Waals surface area contributed by atoms with E-state index in [4.69, 9.17) is 9.15 Å². The average molecular weight is 437 g/mol. The SMILES string of the molecule is COc1ccc(CCN2C(=O)C(SCc3ccco3)=C(c3ccc(F)cc3)C2=O)cc1. The van der Waals surface area contributed by atoms with Gasteiger partial charge in [-0.2, -0.15) is 0 Å². The monoisotopic (exact) mass is 437 g/mol. The van der Waals surface area contributed by atoms with E-state index in [-0.39, 0.29) is 18.4 Å². The molecular formula is C24H20FNO4S. The molecule has 0 fully saturated rings. The molecular weight excluding hydrogens is 417 g/mol. The summed E-state index contributed by atoms with van der Waals surface area (Å²) in [4.78, 5) is 27.9. The molecule has 31 heavy (non-hydrogen) atoms. The number of amides is 2. The number of ether oxygens (including phenoxy) is 1. The molecule has 4 rings (SSSR count). The van der Waals surface area contributed by atoms with Crippen LogP contribution in [0.25, 0.3) is 5.57 Å². The van der Waals surface area contributed by atoms with E-state index in [2.05, 4.69) is 0 Å². The number of hydrogen-bond donors (Lipinski definition) is 0. The van der Waals surface area contributed by atoms with E-state index in [1.165, 1.54) is 40.9 Å². The average Bonchev–Trinajstić information content (AvgIpc) is 3.38. The summed E-state index contributed by atoms with van der Waals surface area (Å²) in [7, 11) is 1.60. The fraction of sp³-hybridized carbons (Fsp3) is 0.167. The molecule has 5 nitrogen and oxygen atoms in total. The third-order valence-electron chi connectivity index (χ3n) is 4.98. The van der Waals surface area contributed by atoms with Gasteiger partial charge in [-0.3, -0.25) is 14.5 Å². The normalized spacial score (nSPS) is 13.9. The first-order valence-corrected chi connectivity index (χ1v) is 10.7. The summed E-state index contributed by atoms with van der Waals surface area (Å²) in [5.41, 5.74) is 1.81. The molecule has 0 spiro atoms. The highest BCUT2D eigenvalue weighted by Crippen LogP contribution is 2.37. The van der Waals surface area contributed by atoms with Crippen molar-refractivity contribution in [2.75, 3.05) is 13.7 Å². The minimum absolute atomic E-state index is 0.250. The first kappa shape index (κ1) is 20.9. The maximum atomic E-state index is 13.4. The predicted octanol–water partition coefficient (Wildman–Crippen LogP) is 4.68. The first-order valence-electron chi connectivity index (χ1n) is 9.71. The van der Waals surface area contributed by atoms with Gasteiger partial charge in [0.05, 0.1) is 29.6 Å². The molecule has 0 saturated heterocycles. The zero-order valence-electron chi connectivity index (χ0n) is 16.8. The van der Waals surface area contributed by atoms with Crippen molar-refractivity contribution < 1.29 is 23.1 Å². The Bertz CT molecular complexity index is 1110. The fourth-order valence-corrected chi connectivity index (χ4v) is 4.37. The van der Waals surface area contributed by atoms with E-state index in [0.29, 0.717) is 34.0 Å². The zero-order chi connectivity index (χ0) is 21.8. The molecule has 3 aromatic rings. The summed E-state index contributed by atoms with van der Waals surface area (Å²) >= 11 is 1.25. The first-order chi connectivity index (χ1) is 15.1. The number of methoxy groups -OCH3 is 1. The van der Waals surface area contributed by atoms with Crippen LogP contribution in [-0.4, -0.2) is 30.4 Å². The van der Waals surface area contributed by atoms with E-state index in [1.54, 1.807) is 19.4 Å². The van der Waals surface area contributed by atoms with Gasteiger partial charge < -0.3 is 9.15 Å². The van der Waals surface area contributed by atoms with Gasteiger partial charge in [0.2, 0.25) is 0 Å². The van der Waals surface area contributed by atoms with Crippen molar-refractivity contribution in [1.29, 1.82) is 0 Å². The Morgan fingerprint density at radius 3 is 2.39 bits per heavy atom. The third kappa shape index (κ3) is 4.56. The third-order valence-corrected chi connectivity index (χ3v) is 6.08. The largest absolute Gasteiger partial charge is 0.497 e. The number of imide groups is 1. The molecule has 0 atom stereocenters. The number of nitrogens with zero attached hydrogens (tertiary/aromatic N) is 1. The van der Waals surface area contributed by atoms with Crippen LogP contribution in [-0.2, 0) is 21.8 Å². The number of halogens is 1. The maximum Gasteiger partial charge on any atom is 0.268 e. The second-order valence-corrected chi connectivity index (χ2v) is 7.92. The van der Waals surface area contributed by atoms with Crippen LogP contribution in [0, 0.1) is 5.82 Å². The molecule has 0 N–H and O–H groups in total. The van der Waals surface area contributed by atoms with Crippen molar-refractivity contribution in [3.8, 4) is 5.75 Å².